The summed E-state index contributed by atoms with van der Waals surface area (Å²) in [4.78, 5) is 1.09. The number of aryl methyl sites for hydroxylation is 3. The van der Waals surface area contributed by atoms with E-state index in [1.165, 1.54) is 27.8 Å². The largest absolute Gasteiger partial charge is 0.387 e. The highest BCUT2D eigenvalue weighted by atomic mass is 32.1. The normalized spacial score (nSPS) is 13.5. The van der Waals surface area contributed by atoms with Gasteiger partial charge in [-0.25, -0.2) is 0 Å². The van der Waals surface area contributed by atoms with Gasteiger partial charge in [-0.05, 0) is 65.4 Å². The van der Waals surface area contributed by atoms with E-state index in [4.69, 9.17) is 0 Å². The monoisotopic (exact) mass is 302 g/mol. The van der Waals surface area contributed by atoms with Gasteiger partial charge in [-0.15, -0.1) is 11.3 Å². The molecule has 2 heteroatoms. The topological polar surface area (TPSA) is 20.2 Å². The predicted molar refractivity (Wildman–Crippen MR) is 92.3 cm³/mol. The maximum Gasteiger partial charge on any atom is 0.0925 e. The van der Waals surface area contributed by atoms with Gasteiger partial charge in [-0.3, -0.25) is 0 Å². The van der Waals surface area contributed by atoms with Crippen molar-refractivity contribution >= 4 is 11.3 Å². The molecule has 0 aliphatic carbocycles. The van der Waals surface area contributed by atoms with E-state index in [-0.39, 0.29) is 5.41 Å². The van der Waals surface area contributed by atoms with Crippen LogP contribution in [-0.2, 0) is 11.8 Å². The third-order valence-electron chi connectivity index (χ3n) is 4.16. The van der Waals surface area contributed by atoms with Gasteiger partial charge in [0.05, 0.1) is 6.10 Å². The SMILES string of the molecule is Cc1ccsc1C(O)Cc1c(C)cc(C(C)(C)C)cc1C. The van der Waals surface area contributed by atoms with E-state index in [1.54, 1.807) is 11.3 Å². The molecule has 1 aromatic heterocycles. The molecular weight excluding hydrogens is 276 g/mol. The fourth-order valence-electron chi connectivity index (χ4n) is 2.76. The molecule has 0 saturated heterocycles. The first-order chi connectivity index (χ1) is 9.70. The number of hydrogen-bond donors (Lipinski definition) is 1. The fourth-order valence-corrected chi connectivity index (χ4v) is 3.67. The lowest BCUT2D eigenvalue weighted by Crippen LogP contribution is -2.13. The van der Waals surface area contributed by atoms with Gasteiger partial charge in [0.25, 0.3) is 0 Å². The summed E-state index contributed by atoms with van der Waals surface area (Å²) >= 11 is 1.65. The van der Waals surface area contributed by atoms with Crippen LogP contribution in [0.3, 0.4) is 0 Å². The highest BCUT2D eigenvalue weighted by molar-refractivity contribution is 7.10. The summed E-state index contributed by atoms with van der Waals surface area (Å²) in [6.45, 7) is 13.1. The number of hydrogen-bond acceptors (Lipinski definition) is 2. The van der Waals surface area contributed by atoms with Gasteiger partial charge in [0.1, 0.15) is 0 Å². The molecular formula is C19H26OS. The van der Waals surface area contributed by atoms with Crippen LogP contribution < -0.4 is 0 Å². The van der Waals surface area contributed by atoms with Gasteiger partial charge in [-0.2, -0.15) is 0 Å². The molecule has 21 heavy (non-hydrogen) atoms. The van der Waals surface area contributed by atoms with Gasteiger partial charge in [0, 0.05) is 11.3 Å². The molecule has 0 aliphatic rings. The highest BCUT2D eigenvalue weighted by Gasteiger charge is 2.19. The quantitative estimate of drug-likeness (QED) is 0.821. The van der Waals surface area contributed by atoms with E-state index in [0.29, 0.717) is 6.42 Å². The van der Waals surface area contributed by atoms with E-state index >= 15 is 0 Å². The standard InChI is InChI=1S/C19H26OS/c1-12-7-8-21-18(12)17(20)11-16-13(2)9-15(10-14(16)3)19(4,5)6/h7-10,17,20H,11H2,1-6H3. The number of aliphatic hydroxyl groups is 1. The van der Waals surface area contributed by atoms with Crippen LogP contribution in [0.1, 0.15) is 59.6 Å². The first kappa shape index (κ1) is 16.3. The summed E-state index contributed by atoms with van der Waals surface area (Å²) < 4.78 is 0. The van der Waals surface area contributed by atoms with E-state index in [2.05, 4.69) is 65.1 Å². The van der Waals surface area contributed by atoms with Crippen molar-refractivity contribution in [3.63, 3.8) is 0 Å². The lowest BCUT2D eigenvalue weighted by Gasteiger charge is -2.23. The van der Waals surface area contributed by atoms with Gasteiger partial charge in [0.2, 0.25) is 0 Å². The summed E-state index contributed by atoms with van der Waals surface area (Å²) in [7, 11) is 0. The summed E-state index contributed by atoms with van der Waals surface area (Å²) in [5.41, 5.74) is 6.57. The Bertz CT molecular complexity index is 608. The summed E-state index contributed by atoms with van der Waals surface area (Å²) in [5, 5.41) is 12.6. The zero-order valence-electron chi connectivity index (χ0n) is 13.9. The molecule has 0 amide bonds. The Kier molecular flexibility index (Phi) is 4.60. The molecule has 0 bridgehead atoms. The van der Waals surface area contributed by atoms with Crippen molar-refractivity contribution in [3.05, 3.63) is 56.3 Å². The molecule has 1 heterocycles. The van der Waals surface area contributed by atoms with Crippen molar-refractivity contribution < 1.29 is 5.11 Å². The van der Waals surface area contributed by atoms with E-state index in [0.717, 1.165) is 4.88 Å². The minimum Gasteiger partial charge on any atom is -0.387 e. The average molecular weight is 302 g/mol. The summed E-state index contributed by atoms with van der Waals surface area (Å²) in [6, 6.07) is 6.62. The lowest BCUT2D eigenvalue weighted by molar-refractivity contribution is 0.181. The van der Waals surface area contributed by atoms with Crippen LogP contribution in [0.2, 0.25) is 0 Å². The van der Waals surface area contributed by atoms with Crippen molar-refractivity contribution in [1.82, 2.24) is 0 Å². The van der Waals surface area contributed by atoms with Crippen LogP contribution in [0.4, 0.5) is 0 Å². The van der Waals surface area contributed by atoms with Crippen molar-refractivity contribution in [2.75, 3.05) is 0 Å². The van der Waals surface area contributed by atoms with Crippen molar-refractivity contribution in [2.24, 2.45) is 0 Å². The molecule has 0 radical (unpaired) electrons. The van der Waals surface area contributed by atoms with Gasteiger partial charge < -0.3 is 5.11 Å². The Morgan fingerprint density at radius 1 is 1.05 bits per heavy atom. The zero-order valence-corrected chi connectivity index (χ0v) is 14.8. The van der Waals surface area contributed by atoms with Crippen molar-refractivity contribution in [3.8, 4) is 0 Å². The maximum absolute atomic E-state index is 10.5. The number of aliphatic hydroxyl groups excluding tert-OH is 1. The van der Waals surface area contributed by atoms with E-state index in [9.17, 15) is 5.11 Å². The molecule has 2 aromatic rings. The summed E-state index contributed by atoms with van der Waals surface area (Å²) in [5.74, 6) is 0. The molecule has 1 aromatic carbocycles. The Morgan fingerprint density at radius 3 is 2.05 bits per heavy atom. The number of rotatable bonds is 3. The molecule has 0 fully saturated rings. The third kappa shape index (κ3) is 3.56. The van der Waals surface area contributed by atoms with Gasteiger partial charge in [0.15, 0.2) is 0 Å². The Balaban J connectivity index is 2.31. The van der Waals surface area contributed by atoms with Crippen molar-refractivity contribution in [1.29, 1.82) is 0 Å². The molecule has 0 aliphatic heterocycles. The molecule has 0 spiro atoms. The van der Waals surface area contributed by atoms with Crippen LogP contribution >= 0.6 is 11.3 Å². The molecule has 1 unspecified atom stereocenters. The Morgan fingerprint density at radius 2 is 1.62 bits per heavy atom. The van der Waals surface area contributed by atoms with E-state index in [1.807, 2.05) is 0 Å². The molecule has 114 valence electrons. The highest BCUT2D eigenvalue weighted by Crippen LogP contribution is 2.31. The van der Waals surface area contributed by atoms with Crippen molar-refractivity contribution in [2.45, 2.75) is 59.5 Å². The smallest absolute Gasteiger partial charge is 0.0925 e. The van der Waals surface area contributed by atoms with Gasteiger partial charge in [-0.1, -0.05) is 32.9 Å². The Labute approximate surface area is 132 Å². The molecule has 1 N–H and O–H groups in total. The Hall–Kier alpha value is -1.12. The van der Waals surface area contributed by atoms with Crippen LogP contribution in [-0.4, -0.2) is 5.11 Å². The van der Waals surface area contributed by atoms with Crippen LogP contribution in [0, 0.1) is 20.8 Å². The van der Waals surface area contributed by atoms with Crippen LogP contribution in [0.5, 0.6) is 0 Å². The zero-order chi connectivity index (χ0) is 15.8. The second-order valence-electron chi connectivity index (χ2n) is 7.03. The molecule has 1 atom stereocenters. The summed E-state index contributed by atoms with van der Waals surface area (Å²) in [6.07, 6.45) is 0.298. The second kappa shape index (κ2) is 5.94. The lowest BCUT2D eigenvalue weighted by atomic mass is 9.83. The molecule has 1 nitrogen and oxygen atoms in total. The molecule has 0 saturated carbocycles. The number of benzene rings is 1. The third-order valence-corrected chi connectivity index (χ3v) is 5.28. The van der Waals surface area contributed by atoms with Crippen LogP contribution in [0.15, 0.2) is 23.6 Å². The average Bonchev–Trinajstić information content (AvgIpc) is 2.78. The fraction of sp³-hybridized carbons (Fsp3) is 0.474. The first-order valence-electron chi connectivity index (χ1n) is 7.53. The minimum absolute atomic E-state index is 0.164. The maximum atomic E-state index is 10.5. The predicted octanol–water partition coefficient (Wildman–Crippen LogP) is 5.25. The second-order valence-corrected chi connectivity index (χ2v) is 7.97. The minimum atomic E-state index is -0.400. The first-order valence-corrected chi connectivity index (χ1v) is 8.40. The molecule has 2 rings (SSSR count). The van der Waals surface area contributed by atoms with E-state index < -0.39 is 6.10 Å². The number of thiophene rings is 1. The van der Waals surface area contributed by atoms with Crippen LogP contribution in [0.25, 0.3) is 0 Å². The van der Waals surface area contributed by atoms with Gasteiger partial charge >= 0.3 is 0 Å².